The van der Waals surface area contributed by atoms with Crippen LogP contribution in [0.4, 0.5) is 23.2 Å². The van der Waals surface area contributed by atoms with Crippen LogP contribution >= 0.6 is 15.9 Å². The maximum atomic E-state index is 12.9. The molecule has 0 aliphatic rings. The first-order valence-corrected chi connectivity index (χ1v) is 5.96. The Labute approximate surface area is 115 Å². The number of carbonyl (C=O) groups is 1. The monoisotopic (exact) mass is 343 g/mol. The quantitative estimate of drug-likeness (QED) is 0.656. The van der Waals surface area contributed by atoms with Crippen LogP contribution in [0.1, 0.15) is 6.42 Å². The maximum Gasteiger partial charge on any atom is 0.411 e. The number of ether oxygens (including phenoxy) is 1. The predicted octanol–water partition coefficient (Wildman–Crippen LogP) is 3.50. The van der Waals surface area contributed by atoms with E-state index in [4.69, 9.17) is 0 Å². The zero-order valence-electron chi connectivity index (χ0n) is 9.56. The molecule has 0 unspecified atom stereocenters. The molecule has 1 N–H and O–H groups in total. The van der Waals surface area contributed by atoms with Crippen LogP contribution in [0.15, 0.2) is 22.7 Å². The fourth-order valence-corrected chi connectivity index (χ4v) is 1.53. The Balaban J connectivity index is 2.33. The van der Waals surface area contributed by atoms with Gasteiger partial charge in [0.1, 0.15) is 12.4 Å². The summed E-state index contributed by atoms with van der Waals surface area (Å²) in [5, 5.41) is 2.41. The minimum Gasteiger partial charge on any atom is -0.372 e. The number of benzene rings is 1. The molecule has 0 atom stereocenters. The molecule has 3 nitrogen and oxygen atoms in total. The number of halogens is 5. The average Bonchev–Trinajstić information content (AvgIpc) is 2.28. The van der Waals surface area contributed by atoms with E-state index in [-0.39, 0.29) is 17.5 Å². The number of amides is 1. The van der Waals surface area contributed by atoms with Gasteiger partial charge >= 0.3 is 6.18 Å². The second-order valence-corrected chi connectivity index (χ2v) is 4.45. The van der Waals surface area contributed by atoms with Crippen molar-refractivity contribution in [3.8, 4) is 0 Å². The summed E-state index contributed by atoms with van der Waals surface area (Å²) in [5.41, 5.74) is 0.342. The molecule has 0 heterocycles. The molecule has 0 spiro atoms. The molecular weight excluding hydrogens is 334 g/mol. The topological polar surface area (TPSA) is 38.3 Å². The van der Waals surface area contributed by atoms with Crippen LogP contribution < -0.4 is 5.32 Å². The lowest BCUT2D eigenvalue weighted by atomic mass is 10.3. The zero-order chi connectivity index (χ0) is 14.5. The average molecular weight is 344 g/mol. The van der Waals surface area contributed by atoms with Gasteiger partial charge in [-0.1, -0.05) is 0 Å². The Morgan fingerprint density at radius 1 is 1.37 bits per heavy atom. The van der Waals surface area contributed by atoms with Gasteiger partial charge in [-0.05, 0) is 34.1 Å². The van der Waals surface area contributed by atoms with Crippen LogP contribution in [0.3, 0.4) is 0 Å². The van der Waals surface area contributed by atoms with Gasteiger partial charge in [0.25, 0.3) is 0 Å². The fraction of sp³-hybridized carbons (Fsp3) is 0.364. The highest BCUT2D eigenvalue weighted by molar-refractivity contribution is 9.10. The van der Waals surface area contributed by atoms with E-state index in [1.54, 1.807) is 0 Å². The van der Waals surface area contributed by atoms with E-state index in [0.29, 0.717) is 5.69 Å². The zero-order valence-corrected chi connectivity index (χ0v) is 11.1. The third-order valence-corrected chi connectivity index (χ3v) is 2.55. The van der Waals surface area contributed by atoms with Crippen molar-refractivity contribution in [1.82, 2.24) is 0 Å². The smallest absolute Gasteiger partial charge is 0.372 e. The van der Waals surface area contributed by atoms with Gasteiger partial charge in [0.15, 0.2) is 0 Å². The molecule has 1 amide bonds. The number of rotatable bonds is 5. The van der Waals surface area contributed by atoms with Crippen LogP contribution in [-0.4, -0.2) is 25.3 Å². The van der Waals surface area contributed by atoms with E-state index >= 15 is 0 Å². The summed E-state index contributed by atoms with van der Waals surface area (Å²) in [5.74, 6) is -0.993. The Hall–Kier alpha value is -1.15. The first-order valence-electron chi connectivity index (χ1n) is 5.17. The van der Waals surface area contributed by atoms with Crippen molar-refractivity contribution in [2.45, 2.75) is 12.6 Å². The molecule has 1 aromatic rings. The van der Waals surface area contributed by atoms with Crippen LogP contribution in [0.25, 0.3) is 0 Å². The first kappa shape index (κ1) is 15.9. The summed E-state index contributed by atoms with van der Waals surface area (Å²) in [6.45, 7) is -1.73. The number of hydrogen-bond donors (Lipinski definition) is 1. The molecule has 1 aromatic carbocycles. The maximum absolute atomic E-state index is 12.9. The van der Waals surface area contributed by atoms with Crippen molar-refractivity contribution in [2.24, 2.45) is 0 Å². The number of nitrogens with one attached hydrogen (secondary N) is 1. The fourth-order valence-electron chi connectivity index (χ4n) is 1.15. The number of hydrogen-bond acceptors (Lipinski definition) is 2. The van der Waals surface area contributed by atoms with Crippen molar-refractivity contribution in [2.75, 3.05) is 18.5 Å². The summed E-state index contributed by atoms with van der Waals surface area (Å²) in [6, 6.07) is 3.85. The summed E-state index contributed by atoms with van der Waals surface area (Å²) in [7, 11) is 0. The van der Waals surface area contributed by atoms with Gasteiger partial charge in [-0.25, -0.2) is 4.39 Å². The molecule has 8 heteroatoms. The van der Waals surface area contributed by atoms with E-state index in [2.05, 4.69) is 26.0 Å². The van der Waals surface area contributed by atoms with Crippen molar-refractivity contribution in [1.29, 1.82) is 0 Å². The lowest BCUT2D eigenvalue weighted by molar-refractivity contribution is -0.174. The van der Waals surface area contributed by atoms with Gasteiger partial charge in [-0.15, -0.1) is 0 Å². The molecule has 0 aliphatic carbocycles. The predicted molar refractivity (Wildman–Crippen MR) is 64.2 cm³/mol. The summed E-state index contributed by atoms with van der Waals surface area (Å²) in [6.07, 6.45) is -4.62. The second kappa shape index (κ2) is 6.85. The van der Waals surface area contributed by atoms with Gasteiger partial charge in [-0.3, -0.25) is 4.79 Å². The lowest BCUT2D eigenvalue weighted by Crippen LogP contribution is -2.20. The van der Waals surface area contributed by atoms with Crippen molar-refractivity contribution in [3.63, 3.8) is 0 Å². The third-order valence-electron chi connectivity index (χ3n) is 1.94. The van der Waals surface area contributed by atoms with Crippen molar-refractivity contribution < 1.29 is 27.1 Å². The van der Waals surface area contributed by atoms with Crippen LogP contribution in [0.2, 0.25) is 0 Å². The van der Waals surface area contributed by atoms with Crippen LogP contribution in [0, 0.1) is 5.82 Å². The Morgan fingerprint density at radius 3 is 2.63 bits per heavy atom. The van der Waals surface area contributed by atoms with E-state index in [1.807, 2.05) is 0 Å². The second-order valence-electron chi connectivity index (χ2n) is 3.59. The summed E-state index contributed by atoms with van der Waals surface area (Å²) < 4.78 is 52.6. The minimum atomic E-state index is -4.40. The largest absolute Gasteiger partial charge is 0.411 e. The normalized spacial score (nSPS) is 11.4. The molecule has 0 saturated carbocycles. The highest BCUT2D eigenvalue weighted by Crippen LogP contribution is 2.20. The van der Waals surface area contributed by atoms with Crippen LogP contribution in [0.5, 0.6) is 0 Å². The SMILES string of the molecule is O=C(CCOCC(F)(F)F)Nc1ccc(F)c(Br)c1. The Morgan fingerprint density at radius 2 is 2.05 bits per heavy atom. The molecule has 106 valence electrons. The Bertz CT molecular complexity index is 451. The molecule has 0 fully saturated rings. The molecule has 1 rings (SSSR count). The van der Waals surface area contributed by atoms with E-state index < -0.39 is 24.5 Å². The summed E-state index contributed by atoms with van der Waals surface area (Å²) >= 11 is 2.95. The van der Waals surface area contributed by atoms with Gasteiger partial charge in [0.05, 0.1) is 17.5 Å². The van der Waals surface area contributed by atoms with Gasteiger partial charge < -0.3 is 10.1 Å². The molecule has 0 aliphatic heterocycles. The molecular formula is C11H10BrF4NO2. The van der Waals surface area contributed by atoms with Crippen molar-refractivity contribution in [3.05, 3.63) is 28.5 Å². The van der Waals surface area contributed by atoms with Gasteiger partial charge in [-0.2, -0.15) is 13.2 Å². The summed E-state index contributed by atoms with van der Waals surface area (Å²) in [4.78, 5) is 11.4. The first-order chi connectivity index (χ1) is 8.78. The van der Waals surface area contributed by atoms with Crippen LogP contribution in [-0.2, 0) is 9.53 Å². The van der Waals surface area contributed by atoms with E-state index in [9.17, 15) is 22.4 Å². The molecule has 0 saturated heterocycles. The number of alkyl halides is 3. The highest BCUT2D eigenvalue weighted by Gasteiger charge is 2.27. The lowest BCUT2D eigenvalue weighted by Gasteiger charge is -2.08. The standard InChI is InChI=1S/C11H10BrF4NO2/c12-8-5-7(1-2-9(8)13)17-10(18)3-4-19-6-11(14,15)16/h1-2,5H,3-4,6H2,(H,17,18). The molecule has 0 radical (unpaired) electrons. The molecule has 19 heavy (non-hydrogen) atoms. The third kappa shape index (κ3) is 6.53. The Kier molecular flexibility index (Phi) is 5.74. The van der Waals surface area contributed by atoms with Gasteiger partial charge in [0.2, 0.25) is 5.91 Å². The van der Waals surface area contributed by atoms with Crippen molar-refractivity contribution >= 4 is 27.5 Å². The minimum absolute atomic E-state index is 0.179. The van der Waals surface area contributed by atoms with E-state index in [1.165, 1.54) is 12.1 Å². The molecule has 0 aromatic heterocycles. The highest BCUT2D eigenvalue weighted by atomic mass is 79.9. The van der Waals surface area contributed by atoms with Gasteiger partial charge in [0, 0.05) is 5.69 Å². The number of carbonyl (C=O) groups excluding carboxylic acids is 1. The molecule has 0 bridgehead atoms. The number of anilines is 1. The van der Waals surface area contributed by atoms with E-state index in [0.717, 1.165) is 6.07 Å².